The molecule has 0 aromatic heterocycles. The van der Waals surface area contributed by atoms with Crippen LogP contribution < -0.4 is 0 Å². The number of allylic oxidation sites excluding steroid dienone is 2. The lowest BCUT2D eigenvalue weighted by atomic mass is 9.62. The van der Waals surface area contributed by atoms with Crippen LogP contribution in [0.2, 0.25) is 0 Å². The zero-order valence-electron chi connectivity index (χ0n) is 20.0. The molecule has 0 aromatic rings. The van der Waals surface area contributed by atoms with Gasteiger partial charge in [0.25, 0.3) is 0 Å². The molecule has 0 saturated heterocycles. The first-order valence-corrected chi connectivity index (χ1v) is 12.4. The van der Waals surface area contributed by atoms with E-state index in [1.54, 1.807) is 5.57 Å². The van der Waals surface area contributed by atoms with E-state index in [1.165, 1.54) is 57.8 Å². The van der Waals surface area contributed by atoms with Crippen LogP contribution in [0, 0.1) is 46.8 Å². The van der Waals surface area contributed by atoms with Crippen molar-refractivity contribution in [1.82, 2.24) is 0 Å². The van der Waals surface area contributed by atoms with E-state index < -0.39 is 0 Å². The molecular weight excluding hydrogens is 324 g/mol. The third kappa shape index (κ3) is 6.11. The fourth-order valence-electron chi connectivity index (χ4n) is 5.58. The van der Waals surface area contributed by atoms with Gasteiger partial charge in [0, 0.05) is 0 Å². The van der Waals surface area contributed by atoms with Crippen LogP contribution >= 0.6 is 0 Å². The maximum absolute atomic E-state index is 2.69. The lowest BCUT2D eigenvalue weighted by molar-refractivity contribution is 0.110. The zero-order chi connectivity index (χ0) is 20.2. The number of hydrogen-bond acceptors (Lipinski definition) is 0. The Morgan fingerprint density at radius 3 is 2.26 bits per heavy atom. The lowest BCUT2D eigenvalue weighted by Crippen LogP contribution is -2.33. The quantitative estimate of drug-likeness (QED) is 0.299. The van der Waals surface area contributed by atoms with E-state index in [4.69, 9.17) is 0 Å². The molecule has 0 amide bonds. The van der Waals surface area contributed by atoms with Gasteiger partial charge in [0.2, 0.25) is 0 Å². The molecule has 2 aliphatic carbocycles. The molecule has 2 saturated carbocycles. The summed E-state index contributed by atoms with van der Waals surface area (Å²) in [6.45, 7) is 19.7. The molecule has 7 unspecified atom stereocenters. The number of hydrogen-bond donors (Lipinski definition) is 0. The van der Waals surface area contributed by atoms with Gasteiger partial charge in [-0.05, 0) is 85.9 Å². The zero-order valence-corrected chi connectivity index (χ0v) is 20.0. The summed E-state index contributed by atoms with van der Waals surface area (Å²) < 4.78 is 0. The Labute approximate surface area is 172 Å². The molecule has 0 aromatic carbocycles. The van der Waals surface area contributed by atoms with E-state index in [0.717, 1.165) is 41.4 Å². The van der Waals surface area contributed by atoms with Crippen molar-refractivity contribution in [2.24, 2.45) is 46.8 Å². The molecule has 158 valence electrons. The summed E-state index contributed by atoms with van der Waals surface area (Å²) in [6, 6.07) is 0. The van der Waals surface area contributed by atoms with Crippen LogP contribution in [0.4, 0.5) is 0 Å². The van der Waals surface area contributed by atoms with Crippen molar-refractivity contribution < 1.29 is 0 Å². The molecule has 2 fully saturated rings. The van der Waals surface area contributed by atoms with Crippen molar-refractivity contribution in [3.63, 3.8) is 0 Å². The molecule has 0 aliphatic heterocycles. The van der Waals surface area contributed by atoms with E-state index in [1.807, 2.05) is 0 Å². The van der Waals surface area contributed by atoms with Gasteiger partial charge in [0.1, 0.15) is 0 Å². The van der Waals surface area contributed by atoms with E-state index in [-0.39, 0.29) is 0 Å². The third-order valence-corrected chi connectivity index (χ3v) is 8.96. The fourth-order valence-corrected chi connectivity index (χ4v) is 5.58. The van der Waals surface area contributed by atoms with Gasteiger partial charge in [0.05, 0.1) is 0 Å². The van der Waals surface area contributed by atoms with Crippen LogP contribution in [0.3, 0.4) is 0 Å². The fraction of sp³-hybridized carbons (Fsp3) is 0.926. The predicted octanol–water partition coefficient (Wildman–Crippen LogP) is 8.91. The molecule has 0 nitrogen and oxygen atoms in total. The molecule has 0 radical (unpaired) electrons. The average molecular weight is 375 g/mol. The van der Waals surface area contributed by atoms with Crippen LogP contribution in [0.25, 0.3) is 0 Å². The first kappa shape index (κ1) is 23.0. The van der Waals surface area contributed by atoms with Crippen LogP contribution in [0.1, 0.15) is 113 Å². The first-order chi connectivity index (χ1) is 12.7. The van der Waals surface area contributed by atoms with Gasteiger partial charge in [0.15, 0.2) is 0 Å². The summed E-state index contributed by atoms with van der Waals surface area (Å²) in [5, 5.41) is 0. The molecule has 7 atom stereocenters. The smallest absolute Gasteiger partial charge is 0.0175 e. The normalized spacial score (nSPS) is 31.9. The standard InChI is InChI=1S/C27H50/c1-9-11-12-22(6)27(7,8)16-15-20(4)24-13-14-25(24)21(5)17-23-18-26(23)19(3)10-2/h17,19-20,22-26H,9-16,18H2,1-8H3. The third-order valence-electron chi connectivity index (χ3n) is 8.96. The van der Waals surface area contributed by atoms with E-state index in [0.29, 0.717) is 5.41 Å². The van der Waals surface area contributed by atoms with Crippen molar-refractivity contribution in [2.45, 2.75) is 113 Å². The van der Waals surface area contributed by atoms with Crippen LogP contribution in [-0.4, -0.2) is 0 Å². The molecule has 0 bridgehead atoms. The molecule has 0 N–H and O–H groups in total. The van der Waals surface area contributed by atoms with Gasteiger partial charge in [-0.3, -0.25) is 0 Å². The van der Waals surface area contributed by atoms with Crippen LogP contribution in [-0.2, 0) is 0 Å². The summed E-state index contributed by atoms with van der Waals surface area (Å²) in [5.74, 6) is 6.45. The maximum atomic E-state index is 2.69. The van der Waals surface area contributed by atoms with Gasteiger partial charge in [-0.15, -0.1) is 0 Å². The van der Waals surface area contributed by atoms with E-state index in [9.17, 15) is 0 Å². The first-order valence-electron chi connectivity index (χ1n) is 12.4. The van der Waals surface area contributed by atoms with Crippen LogP contribution in [0.15, 0.2) is 11.6 Å². The minimum atomic E-state index is 0.505. The van der Waals surface area contributed by atoms with Gasteiger partial charge in [-0.1, -0.05) is 85.8 Å². The molecule has 0 heterocycles. The molecule has 0 heteroatoms. The van der Waals surface area contributed by atoms with Gasteiger partial charge >= 0.3 is 0 Å². The Bertz CT molecular complexity index is 470. The summed E-state index contributed by atoms with van der Waals surface area (Å²) in [6.07, 6.45) is 15.4. The SMILES string of the molecule is CCCCC(C)C(C)(C)CCC(C)C1CCC1C(C)=CC1CC1C(C)CC. The van der Waals surface area contributed by atoms with Gasteiger partial charge < -0.3 is 0 Å². The molecule has 0 spiro atoms. The summed E-state index contributed by atoms with van der Waals surface area (Å²) in [7, 11) is 0. The van der Waals surface area contributed by atoms with Crippen molar-refractivity contribution in [2.75, 3.05) is 0 Å². The predicted molar refractivity (Wildman–Crippen MR) is 122 cm³/mol. The summed E-state index contributed by atoms with van der Waals surface area (Å²) in [4.78, 5) is 0. The highest BCUT2D eigenvalue weighted by Crippen LogP contribution is 2.51. The number of rotatable bonds is 12. The Hall–Kier alpha value is -0.260. The molecule has 2 rings (SSSR count). The van der Waals surface area contributed by atoms with Crippen LogP contribution in [0.5, 0.6) is 0 Å². The topological polar surface area (TPSA) is 0 Å². The van der Waals surface area contributed by atoms with Crippen molar-refractivity contribution >= 4 is 0 Å². The minimum absolute atomic E-state index is 0.505. The van der Waals surface area contributed by atoms with Gasteiger partial charge in [-0.2, -0.15) is 0 Å². The van der Waals surface area contributed by atoms with Crippen molar-refractivity contribution in [3.8, 4) is 0 Å². The maximum Gasteiger partial charge on any atom is -0.0175 e. The summed E-state index contributed by atoms with van der Waals surface area (Å²) in [5.41, 5.74) is 2.25. The van der Waals surface area contributed by atoms with E-state index >= 15 is 0 Å². The number of unbranched alkanes of at least 4 members (excludes halogenated alkanes) is 1. The van der Waals surface area contributed by atoms with Gasteiger partial charge in [-0.25, -0.2) is 0 Å². The highest BCUT2D eigenvalue weighted by atomic mass is 14.5. The highest BCUT2D eigenvalue weighted by Gasteiger charge is 2.41. The second kappa shape index (κ2) is 9.98. The highest BCUT2D eigenvalue weighted by molar-refractivity contribution is 5.16. The van der Waals surface area contributed by atoms with Crippen molar-refractivity contribution in [3.05, 3.63) is 11.6 Å². The second-order valence-corrected chi connectivity index (χ2v) is 11.3. The molecule has 27 heavy (non-hydrogen) atoms. The Morgan fingerprint density at radius 1 is 1.00 bits per heavy atom. The largest absolute Gasteiger partial charge is 0.0819 e. The molecular formula is C27H50. The van der Waals surface area contributed by atoms with Crippen molar-refractivity contribution in [1.29, 1.82) is 0 Å². The second-order valence-electron chi connectivity index (χ2n) is 11.3. The Morgan fingerprint density at radius 2 is 1.70 bits per heavy atom. The molecule has 2 aliphatic rings. The Balaban J connectivity index is 1.80. The lowest BCUT2D eigenvalue weighted by Gasteiger charge is -2.43. The average Bonchev–Trinajstić information content (AvgIpc) is 3.35. The van der Waals surface area contributed by atoms with E-state index in [2.05, 4.69) is 61.5 Å². The summed E-state index contributed by atoms with van der Waals surface area (Å²) >= 11 is 0. The Kier molecular flexibility index (Phi) is 8.51. The monoisotopic (exact) mass is 374 g/mol. The minimum Gasteiger partial charge on any atom is -0.0819 e.